The van der Waals surface area contributed by atoms with E-state index in [4.69, 9.17) is 5.26 Å². The Morgan fingerprint density at radius 1 is 1.38 bits per heavy atom. The highest BCUT2D eigenvalue weighted by Gasteiger charge is 2.19. The van der Waals surface area contributed by atoms with E-state index in [1.807, 2.05) is 31.8 Å². The zero-order valence-electron chi connectivity index (χ0n) is 9.86. The number of hydrogen-bond donors (Lipinski definition) is 1. The van der Waals surface area contributed by atoms with Gasteiger partial charge in [0.05, 0.1) is 6.07 Å². The molecule has 86 valence electrons. The molecule has 0 amide bonds. The van der Waals surface area contributed by atoms with Gasteiger partial charge in [-0.2, -0.15) is 5.26 Å². The largest absolute Gasteiger partial charge is 0.303 e. The first-order valence-corrected chi connectivity index (χ1v) is 6.47. The molecule has 0 aliphatic rings. The number of nitrogens with zero attached hydrogens (tertiary/aromatic N) is 1. The molecule has 0 fully saturated rings. The Morgan fingerprint density at radius 2 is 2.06 bits per heavy atom. The molecule has 16 heavy (non-hydrogen) atoms. The highest BCUT2D eigenvalue weighted by atomic mass is 32.2. The van der Waals surface area contributed by atoms with E-state index < -0.39 is 0 Å². The summed E-state index contributed by atoms with van der Waals surface area (Å²) in [5.74, 6) is 1.06. The molecule has 0 spiro atoms. The number of rotatable bonds is 6. The first-order valence-electron chi connectivity index (χ1n) is 5.48. The predicted molar refractivity (Wildman–Crippen MR) is 69.5 cm³/mol. The average molecular weight is 234 g/mol. The van der Waals surface area contributed by atoms with E-state index >= 15 is 0 Å². The van der Waals surface area contributed by atoms with Crippen LogP contribution >= 0.6 is 11.8 Å². The van der Waals surface area contributed by atoms with Gasteiger partial charge in [-0.3, -0.25) is 0 Å². The van der Waals surface area contributed by atoms with E-state index in [1.165, 1.54) is 4.90 Å². The molecule has 3 heteroatoms. The van der Waals surface area contributed by atoms with Gasteiger partial charge in [0.2, 0.25) is 0 Å². The van der Waals surface area contributed by atoms with Crippen LogP contribution in [0.2, 0.25) is 0 Å². The molecule has 1 rings (SSSR count). The van der Waals surface area contributed by atoms with Crippen molar-refractivity contribution in [3.8, 4) is 6.07 Å². The minimum absolute atomic E-state index is 0.378. The predicted octanol–water partition coefficient (Wildman–Crippen LogP) is 3.06. The summed E-state index contributed by atoms with van der Waals surface area (Å²) < 4.78 is 0. The Bertz CT molecular complexity index is 345. The maximum atomic E-state index is 8.98. The molecule has 0 saturated heterocycles. The molecule has 2 nitrogen and oxygen atoms in total. The SMILES string of the molecule is CNC(C)(C#N)CCCSc1ccccc1. The minimum atomic E-state index is -0.378. The van der Waals surface area contributed by atoms with Crippen LogP contribution < -0.4 is 5.32 Å². The van der Waals surface area contributed by atoms with Crippen molar-refractivity contribution in [2.45, 2.75) is 30.2 Å². The van der Waals surface area contributed by atoms with Crippen molar-refractivity contribution in [2.24, 2.45) is 0 Å². The molecule has 0 heterocycles. The third kappa shape index (κ3) is 4.26. The maximum Gasteiger partial charge on any atom is 0.103 e. The molecule has 1 aromatic rings. The van der Waals surface area contributed by atoms with Gasteiger partial charge in [-0.25, -0.2) is 0 Å². The Kier molecular flexibility index (Phi) is 5.37. The number of nitriles is 1. The van der Waals surface area contributed by atoms with Gasteiger partial charge in [0, 0.05) is 4.90 Å². The molecule has 1 unspecified atom stereocenters. The highest BCUT2D eigenvalue weighted by Crippen LogP contribution is 2.20. The second-order valence-corrected chi connectivity index (χ2v) is 5.13. The maximum absolute atomic E-state index is 8.98. The fourth-order valence-corrected chi connectivity index (χ4v) is 2.24. The van der Waals surface area contributed by atoms with Crippen molar-refractivity contribution in [1.82, 2.24) is 5.32 Å². The lowest BCUT2D eigenvalue weighted by molar-refractivity contribution is 0.451. The summed E-state index contributed by atoms with van der Waals surface area (Å²) in [5.41, 5.74) is -0.378. The first-order chi connectivity index (χ1) is 7.70. The summed E-state index contributed by atoms with van der Waals surface area (Å²) in [6, 6.07) is 12.7. The minimum Gasteiger partial charge on any atom is -0.303 e. The van der Waals surface area contributed by atoms with Gasteiger partial charge >= 0.3 is 0 Å². The van der Waals surface area contributed by atoms with Crippen LogP contribution in [0, 0.1) is 11.3 Å². The van der Waals surface area contributed by atoms with Crippen molar-refractivity contribution in [3.05, 3.63) is 30.3 Å². The van der Waals surface area contributed by atoms with Crippen molar-refractivity contribution in [1.29, 1.82) is 5.26 Å². The van der Waals surface area contributed by atoms with Gasteiger partial charge in [0.25, 0.3) is 0 Å². The van der Waals surface area contributed by atoms with E-state index in [2.05, 4.69) is 35.7 Å². The molecule has 1 aromatic carbocycles. The summed E-state index contributed by atoms with van der Waals surface area (Å²) in [7, 11) is 1.84. The lowest BCUT2D eigenvalue weighted by Crippen LogP contribution is -2.37. The van der Waals surface area contributed by atoms with Crippen molar-refractivity contribution < 1.29 is 0 Å². The molecule has 1 atom stereocenters. The first kappa shape index (κ1) is 13.1. The molecule has 0 aliphatic carbocycles. The average Bonchev–Trinajstić information content (AvgIpc) is 2.36. The van der Waals surface area contributed by atoms with Gasteiger partial charge < -0.3 is 5.32 Å². The van der Waals surface area contributed by atoms with Crippen LogP contribution in [0.4, 0.5) is 0 Å². The second-order valence-electron chi connectivity index (χ2n) is 3.96. The number of nitrogens with one attached hydrogen (secondary N) is 1. The molecule has 1 N–H and O–H groups in total. The van der Waals surface area contributed by atoms with Gasteiger partial charge in [0.15, 0.2) is 0 Å². The van der Waals surface area contributed by atoms with E-state index in [1.54, 1.807) is 0 Å². The van der Waals surface area contributed by atoms with E-state index in [9.17, 15) is 0 Å². The normalized spacial score (nSPS) is 14.1. The van der Waals surface area contributed by atoms with Crippen LogP contribution in [0.25, 0.3) is 0 Å². The topological polar surface area (TPSA) is 35.8 Å². The molecule has 0 bridgehead atoms. The summed E-state index contributed by atoms with van der Waals surface area (Å²) in [6.07, 6.45) is 1.93. The summed E-state index contributed by atoms with van der Waals surface area (Å²) >= 11 is 1.84. The van der Waals surface area contributed by atoms with Crippen LogP contribution in [0.1, 0.15) is 19.8 Å². The fourth-order valence-electron chi connectivity index (χ4n) is 1.37. The standard InChI is InChI=1S/C13H18N2S/c1-13(11-14,15-2)9-6-10-16-12-7-4-3-5-8-12/h3-5,7-8,15H,6,9-10H2,1-2H3. The van der Waals surface area contributed by atoms with E-state index in [-0.39, 0.29) is 5.54 Å². The van der Waals surface area contributed by atoms with Crippen LogP contribution in [0.3, 0.4) is 0 Å². The lowest BCUT2D eigenvalue weighted by atomic mass is 9.99. The Labute approximate surface area is 102 Å². The van der Waals surface area contributed by atoms with Crippen molar-refractivity contribution in [2.75, 3.05) is 12.8 Å². The highest BCUT2D eigenvalue weighted by molar-refractivity contribution is 7.99. The smallest absolute Gasteiger partial charge is 0.103 e. The van der Waals surface area contributed by atoms with Gasteiger partial charge in [-0.1, -0.05) is 18.2 Å². The quantitative estimate of drug-likeness (QED) is 0.607. The van der Waals surface area contributed by atoms with Gasteiger partial charge in [-0.15, -0.1) is 11.8 Å². The number of benzene rings is 1. The third-order valence-electron chi connectivity index (χ3n) is 2.63. The fraction of sp³-hybridized carbons (Fsp3) is 0.462. The van der Waals surface area contributed by atoms with Gasteiger partial charge in [0.1, 0.15) is 5.54 Å². The van der Waals surface area contributed by atoms with Gasteiger partial charge in [-0.05, 0) is 44.7 Å². The monoisotopic (exact) mass is 234 g/mol. The molecule has 0 radical (unpaired) electrons. The molecule has 0 aromatic heterocycles. The van der Waals surface area contributed by atoms with E-state index in [0.717, 1.165) is 18.6 Å². The summed E-state index contributed by atoms with van der Waals surface area (Å²) in [5, 5.41) is 12.0. The van der Waals surface area contributed by atoms with Crippen molar-refractivity contribution in [3.63, 3.8) is 0 Å². The van der Waals surface area contributed by atoms with E-state index in [0.29, 0.717) is 0 Å². The van der Waals surface area contributed by atoms with Crippen LogP contribution in [-0.4, -0.2) is 18.3 Å². The number of hydrogen-bond acceptors (Lipinski definition) is 3. The lowest BCUT2D eigenvalue weighted by Gasteiger charge is -2.20. The summed E-state index contributed by atoms with van der Waals surface area (Å²) in [4.78, 5) is 1.30. The Hall–Kier alpha value is -0.980. The zero-order chi connectivity index (χ0) is 11.9. The molecular formula is C13H18N2S. The molecular weight excluding hydrogens is 216 g/mol. The Morgan fingerprint density at radius 3 is 2.62 bits per heavy atom. The summed E-state index contributed by atoms with van der Waals surface area (Å²) in [6.45, 7) is 1.94. The molecule has 0 aliphatic heterocycles. The van der Waals surface area contributed by atoms with Crippen LogP contribution in [-0.2, 0) is 0 Å². The second kappa shape index (κ2) is 6.57. The number of thioether (sulfide) groups is 1. The molecule has 0 saturated carbocycles. The third-order valence-corrected chi connectivity index (χ3v) is 3.73. The zero-order valence-corrected chi connectivity index (χ0v) is 10.7. The Balaban J connectivity index is 2.25. The van der Waals surface area contributed by atoms with Crippen LogP contribution in [0.5, 0.6) is 0 Å². The van der Waals surface area contributed by atoms with Crippen molar-refractivity contribution >= 4 is 11.8 Å². The van der Waals surface area contributed by atoms with Crippen LogP contribution in [0.15, 0.2) is 35.2 Å².